The maximum absolute atomic E-state index is 12.9. The molecule has 20 heavy (non-hydrogen) atoms. The molecule has 1 unspecified atom stereocenters. The van der Waals surface area contributed by atoms with Gasteiger partial charge in [-0.1, -0.05) is 13.3 Å². The third-order valence-corrected chi connectivity index (χ3v) is 4.12. The van der Waals surface area contributed by atoms with Crippen molar-refractivity contribution in [1.29, 1.82) is 0 Å². The van der Waals surface area contributed by atoms with Gasteiger partial charge in [0.2, 0.25) is 5.91 Å². The molecule has 2 rings (SSSR count). The molecule has 0 bridgehead atoms. The number of rotatable bonds is 6. The highest BCUT2D eigenvalue weighted by molar-refractivity contribution is 5.86. The number of nitrogens with one attached hydrogen (secondary N) is 1. The summed E-state index contributed by atoms with van der Waals surface area (Å²) in [6.07, 6.45) is 7.59. The minimum absolute atomic E-state index is 0.260. The van der Waals surface area contributed by atoms with Gasteiger partial charge >= 0.3 is 0 Å². The minimum Gasteiger partial charge on any atom is -0.337 e. The molecule has 0 spiro atoms. The number of carbonyl (C=O) groups is 1. The van der Waals surface area contributed by atoms with Crippen molar-refractivity contribution in [2.24, 2.45) is 0 Å². The van der Waals surface area contributed by atoms with Crippen LogP contribution in [-0.4, -0.2) is 34.4 Å². The second-order valence-corrected chi connectivity index (χ2v) is 5.54. The average Bonchev–Trinajstić information content (AvgIpc) is 2.95. The molecule has 1 saturated heterocycles. The Morgan fingerprint density at radius 2 is 2.15 bits per heavy atom. The maximum Gasteiger partial charge on any atom is 0.243 e. The Hall–Kier alpha value is -1.42. The van der Waals surface area contributed by atoms with Crippen LogP contribution in [0.1, 0.15) is 45.1 Å². The Morgan fingerprint density at radius 3 is 2.70 bits per heavy atom. The first-order valence-electron chi connectivity index (χ1n) is 7.65. The summed E-state index contributed by atoms with van der Waals surface area (Å²) in [5.41, 5.74) is 0.817. The van der Waals surface area contributed by atoms with Crippen molar-refractivity contribution < 1.29 is 4.79 Å². The van der Waals surface area contributed by atoms with E-state index in [1.807, 2.05) is 24.0 Å². The molecule has 1 amide bonds. The number of likely N-dealkylation sites (N-methyl/N-ethyl adjacent to an activating group) is 1. The molecule has 4 heteroatoms. The lowest BCUT2D eigenvalue weighted by Gasteiger charge is -2.34. The number of hydrogen-bond donors (Lipinski definition) is 1. The maximum atomic E-state index is 12.9. The topological polar surface area (TPSA) is 45.2 Å². The Kier molecular flexibility index (Phi) is 5.12. The van der Waals surface area contributed by atoms with Crippen LogP contribution in [0.5, 0.6) is 0 Å². The van der Waals surface area contributed by atoms with Gasteiger partial charge in [0, 0.05) is 25.5 Å². The highest BCUT2D eigenvalue weighted by atomic mass is 16.2. The molecule has 0 saturated carbocycles. The molecule has 4 nitrogen and oxygen atoms in total. The Bertz CT molecular complexity index is 427. The van der Waals surface area contributed by atoms with E-state index in [0.717, 1.165) is 44.3 Å². The first-order valence-corrected chi connectivity index (χ1v) is 7.65. The van der Waals surface area contributed by atoms with Gasteiger partial charge in [-0.25, -0.2) is 0 Å². The molecule has 110 valence electrons. The van der Waals surface area contributed by atoms with Crippen molar-refractivity contribution in [2.75, 3.05) is 13.1 Å². The van der Waals surface area contributed by atoms with Gasteiger partial charge in [0.05, 0.1) is 5.54 Å². The molecule has 1 aromatic rings. The van der Waals surface area contributed by atoms with E-state index in [1.54, 1.807) is 12.4 Å². The summed E-state index contributed by atoms with van der Waals surface area (Å²) in [6.45, 7) is 6.57. The monoisotopic (exact) mass is 275 g/mol. The first-order chi connectivity index (χ1) is 9.72. The fourth-order valence-electron chi connectivity index (χ4n) is 3.07. The van der Waals surface area contributed by atoms with Gasteiger partial charge in [0.15, 0.2) is 0 Å². The lowest BCUT2D eigenvalue weighted by atomic mass is 9.90. The second-order valence-electron chi connectivity index (χ2n) is 5.54. The van der Waals surface area contributed by atoms with E-state index in [0.29, 0.717) is 6.54 Å². The van der Waals surface area contributed by atoms with Crippen LogP contribution in [0.2, 0.25) is 0 Å². The zero-order chi connectivity index (χ0) is 14.4. The number of aromatic nitrogens is 1. The lowest BCUT2D eigenvalue weighted by Crippen LogP contribution is -2.54. The van der Waals surface area contributed by atoms with E-state index in [9.17, 15) is 4.79 Å². The molecule has 1 aromatic heterocycles. The predicted molar refractivity (Wildman–Crippen MR) is 80.2 cm³/mol. The smallest absolute Gasteiger partial charge is 0.243 e. The minimum atomic E-state index is -0.322. The van der Waals surface area contributed by atoms with Gasteiger partial charge in [-0.3, -0.25) is 9.78 Å². The normalized spacial score (nSPS) is 21.9. The van der Waals surface area contributed by atoms with Crippen LogP contribution in [0.25, 0.3) is 0 Å². The largest absolute Gasteiger partial charge is 0.337 e. The number of carbonyl (C=O) groups excluding carboxylic acids is 1. The summed E-state index contributed by atoms with van der Waals surface area (Å²) < 4.78 is 0. The Morgan fingerprint density at radius 1 is 1.40 bits per heavy atom. The number of hydrogen-bond acceptors (Lipinski definition) is 3. The predicted octanol–water partition coefficient (Wildman–Crippen LogP) is 2.35. The van der Waals surface area contributed by atoms with Gasteiger partial charge in [-0.05, 0) is 50.4 Å². The van der Waals surface area contributed by atoms with Crippen molar-refractivity contribution in [2.45, 2.75) is 51.6 Å². The molecular weight excluding hydrogens is 250 g/mol. The molecule has 1 aliphatic rings. The van der Waals surface area contributed by atoms with E-state index in [-0.39, 0.29) is 11.4 Å². The van der Waals surface area contributed by atoms with E-state index in [4.69, 9.17) is 0 Å². The van der Waals surface area contributed by atoms with Crippen LogP contribution in [0.3, 0.4) is 0 Å². The molecule has 1 aliphatic heterocycles. The second kappa shape index (κ2) is 6.84. The zero-order valence-electron chi connectivity index (χ0n) is 12.6. The fraction of sp³-hybridized carbons (Fsp3) is 0.625. The number of nitrogens with zero attached hydrogens (tertiary/aromatic N) is 2. The summed E-state index contributed by atoms with van der Waals surface area (Å²) in [6, 6.07) is 3.95. The van der Waals surface area contributed by atoms with Gasteiger partial charge in [0.1, 0.15) is 0 Å². The summed E-state index contributed by atoms with van der Waals surface area (Å²) in [7, 11) is 0. The molecule has 1 atom stereocenters. The van der Waals surface area contributed by atoms with Crippen LogP contribution < -0.4 is 5.32 Å². The van der Waals surface area contributed by atoms with E-state index in [2.05, 4.69) is 17.2 Å². The van der Waals surface area contributed by atoms with Crippen LogP contribution in [0.15, 0.2) is 24.5 Å². The molecule has 0 radical (unpaired) electrons. The highest BCUT2D eigenvalue weighted by Crippen LogP contribution is 2.27. The molecule has 1 fully saturated rings. The quantitative estimate of drug-likeness (QED) is 0.867. The Labute approximate surface area is 121 Å². The number of amides is 1. The van der Waals surface area contributed by atoms with Crippen molar-refractivity contribution in [3.05, 3.63) is 30.1 Å². The van der Waals surface area contributed by atoms with Crippen LogP contribution in [0.4, 0.5) is 0 Å². The number of pyridine rings is 1. The third kappa shape index (κ3) is 3.18. The lowest BCUT2D eigenvalue weighted by molar-refractivity contribution is -0.138. The molecule has 1 N–H and O–H groups in total. The van der Waals surface area contributed by atoms with E-state index >= 15 is 0 Å². The van der Waals surface area contributed by atoms with Gasteiger partial charge in [-0.2, -0.15) is 0 Å². The van der Waals surface area contributed by atoms with Crippen LogP contribution in [0, 0.1) is 0 Å². The highest BCUT2D eigenvalue weighted by Gasteiger charge is 2.42. The fourth-order valence-corrected chi connectivity index (χ4v) is 3.07. The third-order valence-electron chi connectivity index (χ3n) is 4.12. The van der Waals surface area contributed by atoms with Crippen LogP contribution >= 0.6 is 0 Å². The summed E-state index contributed by atoms with van der Waals surface area (Å²) >= 11 is 0. The van der Waals surface area contributed by atoms with E-state index < -0.39 is 0 Å². The van der Waals surface area contributed by atoms with Crippen molar-refractivity contribution in [1.82, 2.24) is 15.2 Å². The zero-order valence-corrected chi connectivity index (χ0v) is 12.6. The van der Waals surface area contributed by atoms with Crippen molar-refractivity contribution >= 4 is 5.91 Å². The summed E-state index contributed by atoms with van der Waals surface area (Å²) in [4.78, 5) is 18.9. The molecule has 0 aliphatic carbocycles. The first kappa shape index (κ1) is 15.0. The van der Waals surface area contributed by atoms with Crippen LogP contribution in [-0.2, 0) is 11.3 Å². The van der Waals surface area contributed by atoms with Crippen molar-refractivity contribution in [3.63, 3.8) is 0 Å². The Balaban J connectivity index is 2.11. The molecular formula is C16H25N3O. The van der Waals surface area contributed by atoms with E-state index in [1.165, 1.54) is 0 Å². The summed E-state index contributed by atoms with van der Waals surface area (Å²) in [5.74, 6) is 0.260. The SMILES string of the molecule is CCCC1(C(=O)N(CC)Cc2ccncc2)CCCN1. The summed E-state index contributed by atoms with van der Waals surface area (Å²) in [5, 5.41) is 3.47. The standard InChI is InChI=1S/C16H25N3O/c1-3-8-16(9-5-10-18-16)15(20)19(4-2)13-14-6-11-17-12-7-14/h6-7,11-12,18H,3-5,8-10,13H2,1-2H3. The average molecular weight is 275 g/mol. The van der Waals surface area contributed by atoms with Gasteiger partial charge in [0.25, 0.3) is 0 Å². The van der Waals surface area contributed by atoms with Gasteiger partial charge < -0.3 is 10.2 Å². The van der Waals surface area contributed by atoms with Gasteiger partial charge in [-0.15, -0.1) is 0 Å². The molecule has 2 heterocycles. The van der Waals surface area contributed by atoms with Crippen molar-refractivity contribution in [3.8, 4) is 0 Å². The molecule has 0 aromatic carbocycles.